The lowest BCUT2D eigenvalue weighted by Crippen LogP contribution is -2.66. The molecule has 3 rings (SSSR count). The first kappa shape index (κ1) is 88.9. The number of allylic oxidation sites excluding steroid dienone is 15. The van der Waals surface area contributed by atoms with Gasteiger partial charge in [0.25, 0.3) is 0 Å². The van der Waals surface area contributed by atoms with Crippen molar-refractivity contribution >= 4 is 5.91 Å². The molecule has 19 nitrogen and oxygen atoms in total. The molecule has 12 N–H and O–H groups in total. The monoisotopic (exact) mass is 1390 g/mol. The number of rotatable bonds is 59. The second-order valence-electron chi connectivity index (χ2n) is 27.1. The van der Waals surface area contributed by atoms with Crippen LogP contribution in [0, 0.1) is 0 Å². The number of nitrogens with one attached hydrogen (secondary N) is 1. The highest BCUT2D eigenvalue weighted by molar-refractivity contribution is 5.76. The van der Waals surface area contributed by atoms with E-state index in [9.17, 15) is 61.0 Å². The lowest BCUT2D eigenvalue weighted by atomic mass is 9.96. The van der Waals surface area contributed by atoms with E-state index < -0.39 is 124 Å². The van der Waals surface area contributed by atoms with Crippen LogP contribution in [-0.4, -0.2) is 193 Å². The fourth-order valence-corrected chi connectivity index (χ4v) is 12.4. The van der Waals surface area contributed by atoms with E-state index in [4.69, 9.17) is 28.4 Å². The molecule has 0 aromatic carbocycles. The molecule has 0 aromatic rings. The smallest absolute Gasteiger partial charge is 0.220 e. The highest BCUT2D eigenvalue weighted by atomic mass is 16.8. The molecule has 3 aliphatic rings. The fraction of sp³-hybridized carbons (Fsp3) is 0.785. The van der Waals surface area contributed by atoms with E-state index in [0.717, 1.165) is 89.9 Å². The van der Waals surface area contributed by atoms with Crippen LogP contribution in [0.25, 0.3) is 0 Å². The van der Waals surface area contributed by atoms with Crippen molar-refractivity contribution in [2.24, 2.45) is 0 Å². The van der Waals surface area contributed by atoms with Crippen LogP contribution in [0.3, 0.4) is 0 Å². The lowest BCUT2D eigenvalue weighted by molar-refractivity contribution is -0.379. The van der Waals surface area contributed by atoms with Crippen molar-refractivity contribution in [2.75, 3.05) is 26.4 Å². The standard InChI is InChI=1S/C79H137NO18/c1-3-5-7-9-11-13-15-17-19-21-23-25-27-29-30-31-32-33-35-37-39-41-43-45-47-49-51-53-55-57-67(85)80-62(63(84)56-54-52-50-48-46-44-42-40-38-36-34-28-26-24-22-20-18-16-14-12-10-8-6-4-2)61-93-77-73(91)70(88)75(65(59-82)95-77)98-79-74(92)71(89)76(66(60-83)96-79)97-78-72(90)69(87)68(86)64(58-81)94-78/h5,7,11,13,17,19,23,25,29-30,38,40,46,48,54,56,62-66,68-79,81-84,86-92H,3-4,6,8-10,12,14-16,18,20-22,24,26-28,31-37,39,41-45,47,49-53,55,57-61H2,1-2H3,(H,80,85)/b7-5-,13-11-,19-17-,25-23-,30-29-,40-38+,48-46+,56-54+. The van der Waals surface area contributed by atoms with E-state index in [2.05, 4.69) is 104 Å². The van der Waals surface area contributed by atoms with Gasteiger partial charge in [0.15, 0.2) is 18.9 Å². The van der Waals surface area contributed by atoms with Gasteiger partial charge < -0.3 is 89.9 Å². The normalized spacial score (nSPS) is 27.3. The molecule has 19 heteroatoms. The van der Waals surface area contributed by atoms with E-state index in [1.54, 1.807) is 6.08 Å². The van der Waals surface area contributed by atoms with Gasteiger partial charge in [-0.2, -0.15) is 0 Å². The molecule has 0 spiro atoms. The average Bonchev–Trinajstić information content (AvgIpc) is 0.784. The summed E-state index contributed by atoms with van der Waals surface area (Å²) in [6.07, 6.45) is 52.4. The Hall–Kier alpha value is -3.29. The third-order valence-corrected chi connectivity index (χ3v) is 18.6. The number of hydrogen-bond donors (Lipinski definition) is 12. The molecular weight excluding hydrogens is 1250 g/mol. The fourth-order valence-electron chi connectivity index (χ4n) is 12.4. The molecule has 0 saturated carbocycles. The van der Waals surface area contributed by atoms with E-state index >= 15 is 0 Å². The molecule has 3 saturated heterocycles. The van der Waals surface area contributed by atoms with Gasteiger partial charge in [0, 0.05) is 6.42 Å². The van der Waals surface area contributed by atoms with E-state index in [1.807, 2.05) is 6.08 Å². The van der Waals surface area contributed by atoms with Crippen LogP contribution >= 0.6 is 0 Å². The summed E-state index contributed by atoms with van der Waals surface area (Å²) in [5.41, 5.74) is 0. The number of unbranched alkanes of at least 4 members (excludes halogenated alkanes) is 29. The van der Waals surface area contributed by atoms with Gasteiger partial charge in [-0.1, -0.05) is 265 Å². The summed E-state index contributed by atoms with van der Waals surface area (Å²) < 4.78 is 34.4. The first-order valence-electron chi connectivity index (χ1n) is 38.5. The summed E-state index contributed by atoms with van der Waals surface area (Å²) in [7, 11) is 0. The van der Waals surface area contributed by atoms with Crippen molar-refractivity contribution in [1.29, 1.82) is 0 Å². The van der Waals surface area contributed by atoms with Gasteiger partial charge in [-0.25, -0.2) is 0 Å². The largest absolute Gasteiger partial charge is 0.394 e. The average molecular weight is 1390 g/mol. The molecule has 17 atom stereocenters. The predicted octanol–water partition coefficient (Wildman–Crippen LogP) is 12.0. The Morgan fingerprint density at radius 1 is 0.378 bits per heavy atom. The predicted molar refractivity (Wildman–Crippen MR) is 387 cm³/mol. The first-order chi connectivity index (χ1) is 47.8. The number of hydrogen-bond acceptors (Lipinski definition) is 18. The maximum Gasteiger partial charge on any atom is 0.220 e. The molecule has 3 fully saturated rings. The Morgan fingerprint density at radius 3 is 1.14 bits per heavy atom. The molecule has 98 heavy (non-hydrogen) atoms. The Morgan fingerprint density at radius 2 is 0.714 bits per heavy atom. The Bertz CT molecular complexity index is 2150. The second kappa shape index (κ2) is 59.1. The van der Waals surface area contributed by atoms with Crippen LogP contribution in [0.2, 0.25) is 0 Å². The quantitative estimate of drug-likeness (QED) is 0.0199. The van der Waals surface area contributed by atoms with Crippen LogP contribution in [0.15, 0.2) is 97.2 Å². The number of ether oxygens (including phenoxy) is 6. The van der Waals surface area contributed by atoms with Crippen molar-refractivity contribution in [1.82, 2.24) is 5.32 Å². The molecule has 0 radical (unpaired) electrons. The Balaban J connectivity index is 1.41. The van der Waals surface area contributed by atoms with Crippen molar-refractivity contribution in [2.45, 2.75) is 369 Å². The molecule has 0 aromatic heterocycles. The summed E-state index contributed by atoms with van der Waals surface area (Å²) in [4.78, 5) is 13.5. The molecule has 3 aliphatic heterocycles. The van der Waals surface area contributed by atoms with Gasteiger partial charge in [0.05, 0.1) is 38.6 Å². The van der Waals surface area contributed by atoms with E-state index in [0.29, 0.717) is 12.8 Å². The summed E-state index contributed by atoms with van der Waals surface area (Å²) in [6, 6.07) is -1.00. The SMILES string of the molecule is CC/C=C\C/C=C\C/C=C\C/C=C\C/C=C\CCCCCCCCCCCCCCCC(=O)NC(COC1OC(CO)C(OC2OC(CO)C(OC3OC(CO)C(O)C(O)C3O)C(O)C2O)C(O)C1O)C(O)/C=C/CC/C=C/CC/C=C/CCCCCCCCCCCCCCCC. The van der Waals surface area contributed by atoms with Crippen molar-refractivity contribution in [3.05, 3.63) is 97.2 Å². The zero-order valence-corrected chi connectivity index (χ0v) is 60.2. The summed E-state index contributed by atoms with van der Waals surface area (Å²) in [5.74, 6) is -0.293. The van der Waals surface area contributed by atoms with Gasteiger partial charge >= 0.3 is 0 Å². The van der Waals surface area contributed by atoms with Crippen LogP contribution in [-0.2, 0) is 33.2 Å². The minimum atomic E-state index is -1.99. The molecule has 0 aliphatic carbocycles. The summed E-state index contributed by atoms with van der Waals surface area (Å²) >= 11 is 0. The van der Waals surface area contributed by atoms with E-state index in [1.165, 1.54) is 141 Å². The number of aliphatic hydroxyl groups excluding tert-OH is 11. The number of amides is 1. The van der Waals surface area contributed by atoms with Gasteiger partial charge in [-0.3, -0.25) is 4.79 Å². The summed E-state index contributed by atoms with van der Waals surface area (Å²) in [5, 5.41) is 121. The van der Waals surface area contributed by atoms with E-state index in [-0.39, 0.29) is 18.9 Å². The zero-order valence-electron chi connectivity index (χ0n) is 60.2. The maximum absolute atomic E-state index is 13.5. The number of aliphatic hydroxyl groups is 11. The van der Waals surface area contributed by atoms with Crippen LogP contribution in [0.1, 0.15) is 264 Å². The van der Waals surface area contributed by atoms with Crippen molar-refractivity contribution < 1.29 is 89.4 Å². The van der Waals surface area contributed by atoms with Gasteiger partial charge in [-0.15, -0.1) is 0 Å². The van der Waals surface area contributed by atoms with Gasteiger partial charge in [-0.05, 0) is 89.9 Å². The Kier molecular flexibility index (Phi) is 53.7. The van der Waals surface area contributed by atoms with Gasteiger partial charge in [0.1, 0.15) is 73.2 Å². The second-order valence-corrected chi connectivity index (χ2v) is 27.1. The van der Waals surface area contributed by atoms with Crippen LogP contribution < -0.4 is 5.32 Å². The maximum atomic E-state index is 13.5. The van der Waals surface area contributed by atoms with Crippen LogP contribution in [0.5, 0.6) is 0 Å². The molecule has 566 valence electrons. The van der Waals surface area contributed by atoms with Crippen molar-refractivity contribution in [3.63, 3.8) is 0 Å². The summed E-state index contributed by atoms with van der Waals surface area (Å²) in [6.45, 7) is 1.61. The molecular formula is C79H137NO18. The molecule has 0 bridgehead atoms. The van der Waals surface area contributed by atoms with Crippen LogP contribution in [0.4, 0.5) is 0 Å². The highest BCUT2D eigenvalue weighted by Crippen LogP contribution is 2.33. The minimum absolute atomic E-state index is 0.225. The third kappa shape index (κ3) is 39.4. The van der Waals surface area contributed by atoms with Gasteiger partial charge in [0.2, 0.25) is 5.91 Å². The Labute approximate surface area is 590 Å². The molecule has 3 heterocycles. The number of carbonyl (C=O) groups excluding carboxylic acids is 1. The lowest BCUT2D eigenvalue weighted by Gasteiger charge is -2.48. The topological polar surface area (TPSA) is 307 Å². The highest BCUT2D eigenvalue weighted by Gasteiger charge is 2.53. The molecule has 17 unspecified atom stereocenters. The van der Waals surface area contributed by atoms with Crippen molar-refractivity contribution in [3.8, 4) is 0 Å². The zero-order chi connectivity index (χ0) is 71.1. The molecule has 1 amide bonds. The number of carbonyl (C=O) groups is 1. The third-order valence-electron chi connectivity index (χ3n) is 18.6. The minimum Gasteiger partial charge on any atom is -0.394 e. The first-order valence-corrected chi connectivity index (χ1v) is 38.5.